The highest BCUT2D eigenvalue weighted by Crippen LogP contribution is 2.17. The molecule has 1 N–H and O–H groups in total. The maximum atomic E-state index is 12.6. The standard InChI is InChI=1S/C18H31N3O4/c1-3-4-11-25-17(23)12-15-18(24)19-7-10-21(15)13-16(22)20-8-5-14(2)6-9-20/h14-15H,3-13H2,1-2H3,(H,19,24). The molecule has 1 atom stereocenters. The van der Waals surface area contributed by atoms with Crippen LogP contribution in [0, 0.1) is 5.92 Å². The summed E-state index contributed by atoms with van der Waals surface area (Å²) in [5.41, 5.74) is 0. The van der Waals surface area contributed by atoms with Gasteiger partial charge in [0.15, 0.2) is 0 Å². The summed E-state index contributed by atoms with van der Waals surface area (Å²) in [6.45, 7) is 7.45. The molecule has 2 aliphatic rings. The van der Waals surface area contributed by atoms with Crippen LogP contribution in [0.5, 0.6) is 0 Å². The zero-order valence-electron chi connectivity index (χ0n) is 15.5. The Labute approximate surface area is 150 Å². The summed E-state index contributed by atoms with van der Waals surface area (Å²) in [4.78, 5) is 40.4. The van der Waals surface area contributed by atoms with E-state index in [-0.39, 0.29) is 30.7 Å². The van der Waals surface area contributed by atoms with Crippen molar-refractivity contribution in [2.24, 2.45) is 5.92 Å². The van der Waals surface area contributed by atoms with Crippen LogP contribution >= 0.6 is 0 Å². The Kier molecular flexibility index (Phi) is 7.68. The molecule has 2 amide bonds. The van der Waals surface area contributed by atoms with E-state index in [4.69, 9.17) is 4.74 Å². The van der Waals surface area contributed by atoms with Gasteiger partial charge in [-0.25, -0.2) is 0 Å². The van der Waals surface area contributed by atoms with E-state index in [1.54, 1.807) is 0 Å². The van der Waals surface area contributed by atoms with Gasteiger partial charge in [0.25, 0.3) is 0 Å². The second kappa shape index (κ2) is 9.75. The van der Waals surface area contributed by atoms with Gasteiger partial charge in [-0.15, -0.1) is 0 Å². The van der Waals surface area contributed by atoms with E-state index >= 15 is 0 Å². The molecule has 0 aromatic carbocycles. The second-order valence-electron chi connectivity index (χ2n) is 7.12. The number of esters is 1. The smallest absolute Gasteiger partial charge is 0.307 e. The number of carbonyl (C=O) groups excluding carboxylic acids is 3. The quantitative estimate of drug-likeness (QED) is 0.540. The Morgan fingerprint density at radius 3 is 2.64 bits per heavy atom. The van der Waals surface area contributed by atoms with Gasteiger partial charge in [-0.2, -0.15) is 0 Å². The molecule has 2 aliphatic heterocycles. The first-order valence-electron chi connectivity index (χ1n) is 9.46. The molecular formula is C18H31N3O4. The van der Waals surface area contributed by atoms with Crippen molar-refractivity contribution in [3.05, 3.63) is 0 Å². The van der Waals surface area contributed by atoms with Crippen LogP contribution in [0.15, 0.2) is 0 Å². The third-order valence-corrected chi connectivity index (χ3v) is 5.04. The van der Waals surface area contributed by atoms with Crippen molar-refractivity contribution in [1.82, 2.24) is 15.1 Å². The average molecular weight is 353 g/mol. The highest BCUT2D eigenvalue weighted by molar-refractivity contribution is 5.88. The van der Waals surface area contributed by atoms with E-state index in [9.17, 15) is 14.4 Å². The van der Waals surface area contributed by atoms with Crippen molar-refractivity contribution in [3.8, 4) is 0 Å². The molecule has 25 heavy (non-hydrogen) atoms. The van der Waals surface area contributed by atoms with Crippen LogP contribution in [0.25, 0.3) is 0 Å². The number of hydrogen-bond acceptors (Lipinski definition) is 5. The number of amides is 2. The van der Waals surface area contributed by atoms with Gasteiger partial charge in [0.1, 0.15) is 6.04 Å². The van der Waals surface area contributed by atoms with E-state index in [2.05, 4.69) is 12.2 Å². The Balaban J connectivity index is 1.88. The zero-order chi connectivity index (χ0) is 18.2. The summed E-state index contributed by atoms with van der Waals surface area (Å²) in [7, 11) is 0. The summed E-state index contributed by atoms with van der Waals surface area (Å²) in [6, 6.07) is -0.615. The predicted molar refractivity (Wildman–Crippen MR) is 93.8 cm³/mol. The molecule has 7 nitrogen and oxygen atoms in total. The number of carbonyl (C=O) groups is 3. The highest BCUT2D eigenvalue weighted by atomic mass is 16.5. The molecular weight excluding hydrogens is 322 g/mol. The first kappa shape index (κ1) is 19.7. The van der Waals surface area contributed by atoms with Crippen LogP contribution in [-0.4, -0.2) is 73.0 Å². The molecule has 2 rings (SSSR count). The van der Waals surface area contributed by atoms with Crippen LogP contribution in [0.4, 0.5) is 0 Å². The van der Waals surface area contributed by atoms with Crippen molar-refractivity contribution in [1.29, 1.82) is 0 Å². The van der Waals surface area contributed by atoms with Crippen molar-refractivity contribution < 1.29 is 19.1 Å². The molecule has 2 saturated heterocycles. The largest absolute Gasteiger partial charge is 0.466 e. The van der Waals surface area contributed by atoms with Crippen LogP contribution in [0.2, 0.25) is 0 Å². The van der Waals surface area contributed by atoms with Crippen LogP contribution in [0.3, 0.4) is 0 Å². The van der Waals surface area contributed by atoms with E-state index in [1.807, 2.05) is 16.7 Å². The topological polar surface area (TPSA) is 79.0 Å². The summed E-state index contributed by atoms with van der Waals surface area (Å²) >= 11 is 0. The van der Waals surface area contributed by atoms with Crippen molar-refractivity contribution in [2.45, 2.75) is 52.0 Å². The Morgan fingerprint density at radius 2 is 1.96 bits per heavy atom. The lowest BCUT2D eigenvalue weighted by molar-refractivity contribution is -0.150. The van der Waals surface area contributed by atoms with Gasteiger partial charge in [0.05, 0.1) is 19.6 Å². The number of nitrogens with zero attached hydrogens (tertiary/aromatic N) is 2. The van der Waals surface area contributed by atoms with Gasteiger partial charge >= 0.3 is 5.97 Å². The number of ether oxygens (including phenoxy) is 1. The minimum Gasteiger partial charge on any atom is -0.466 e. The van der Waals surface area contributed by atoms with Gasteiger partial charge in [0.2, 0.25) is 11.8 Å². The maximum Gasteiger partial charge on any atom is 0.307 e. The molecule has 7 heteroatoms. The molecule has 0 aliphatic carbocycles. The van der Waals surface area contributed by atoms with Gasteiger partial charge < -0.3 is 15.0 Å². The average Bonchev–Trinajstić information content (AvgIpc) is 2.59. The monoisotopic (exact) mass is 353 g/mol. The summed E-state index contributed by atoms with van der Waals surface area (Å²) < 4.78 is 5.17. The van der Waals surface area contributed by atoms with Crippen LogP contribution < -0.4 is 5.32 Å². The van der Waals surface area contributed by atoms with E-state index in [0.29, 0.717) is 25.6 Å². The molecule has 0 aromatic heterocycles. The molecule has 0 aromatic rings. The SMILES string of the molecule is CCCCOC(=O)CC1C(=O)NCCN1CC(=O)N1CCC(C)CC1. The Morgan fingerprint density at radius 1 is 1.24 bits per heavy atom. The van der Waals surface area contributed by atoms with Gasteiger partial charge in [-0.1, -0.05) is 20.3 Å². The normalized spacial score (nSPS) is 22.6. The first-order valence-corrected chi connectivity index (χ1v) is 9.46. The summed E-state index contributed by atoms with van der Waals surface area (Å²) in [5, 5.41) is 2.78. The van der Waals surface area contributed by atoms with Gasteiger partial charge in [0, 0.05) is 26.2 Å². The molecule has 1 unspecified atom stereocenters. The van der Waals surface area contributed by atoms with Crippen molar-refractivity contribution >= 4 is 17.8 Å². The molecule has 2 fully saturated rings. The number of nitrogens with one attached hydrogen (secondary N) is 1. The molecule has 0 radical (unpaired) electrons. The van der Waals surface area contributed by atoms with Crippen molar-refractivity contribution in [3.63, 3.8) is 0 Å². The molecule has 142 valence electrons. The van der Waals surface area contributed by atoms with Crippen LogP contribution in [-0.2, 0) is 19.1 Å². The number of unbranched alkanes of at least 4 members (excludes halogenated alkanes) is 1. The van der Waals surface area contributed by atoms with E-state index in [0.717, 1.165) is 38.8 Å². The van der Waals surface area contributed by atoms with E-state index in [1.165, 1.54) is 0 Å². The third kappa shape index (κ3) is 5.99. The zero-order valence-corrected chi connectivity index (χ0v) is 15.5. The molecule has 2 heterocycles. The minimum atomic E-state index is -0.615. The van der Waals surface area contributed by atoms with Gasteiger partial charge in [-0.3, -0.25) is 19.3 Å². The Bertz CT molecular complexity index is 475. The minimum absolute atomic E-state index is 0.000137. The lowest BCUT2D eigenvalue weighted by Crippen LogP contribution is -2.58. The van der Waals surface area contributed by atoms with Crippen molar-refractivity contribution in [2.75, 3.05) is 39.3 Å². The number of piperidine rings is 1. The highest BCUT2D eigenvalue weighted by Gasteiger charge is 2.34. The molecule has 0 bridgehead atoms. The number of likely N-dealkylation sites (tertiary alicyclic amines) is 1. The van der Waals surface area contributed by atoms with Crippen LogP contribution in [0.1, 0.15) is 46.0 Å². The van der Waals surface area contributed by atoms with Gasteiger partial charge in [-0.05, 0) is 25.2 Å². The fraction of sp³-hybridized carbons (Fsp3) is 0.833. The first-order chi connectivity index (χ1) is 12.0. The number of hydrogen-bond donors (Lipinski definition) is 1. The fourth-order valence-electron chi connectivity index (χ4n) is 3.25. The summed E-state index contributed by atoms with van der Waals surface area (Å²) in [5.74, 6) is 0.139. The molecule has 0 spiro atoms. The third-order valence-electron chi connectivity index (χ3n) is 5.04. The fourth-order valence-corrected chi connectivity index (χ4v) is 3.25. The molecule has 0 saturated carbocycles. The second-order valence-corrected chi connectivity index (χ2v) is 7.12. The Hall–Kier alpha value is -1.63. The lowest BCUT2D eigenvalue weighted by atomic mass is 9.99. The lowest BCUT2D eigenvalue weighted by Gasteiger charge is -2.36. The number of piperazine rings is 1. The predicted octanol–water partition coefficient (Wildman–Crippen LogP) is 0.779. The summed E-state index contributed by atoms with van der Waals surface area (Å²) in [6.07, 6.45) is 3.82. The maximum absolute atomic E-state index is 12.6. The number of rotatable bonds is 7. The van der Waals surface area contributed by atoms with E-state index < -0.39 is 6.04 Å².